The SMILES string of the molecule is Cc1ccc(C2(C)CC(c3c(O)n(C)c(=O)n(C)c3=O)=NN2)cc1. The largest absolute Gasteiger partial charge is 0.494 e. The van der Waals surface area contributed by atoms with Gasteiger partial charge >= 0.3 is 5.69 Å². The van der Waals surface area contributed by atoms with Crippen LogP contribution in [0.1, 0.15) is 30.0 Å². The van der Waals surface area contributed by atoms with Crippen LogP contribution in [0.3, 0.4) is 0 Å². The number of aryl methyl sites for hydroxylation is 1. The Morgan fingerprint density at radius 3 is 2.42 bits per heavy atom. The number of nitrogens with zero attached hydrogens (tertiary/aromatic N) is 3. The highest BCUT2D eigenvalue weighted by Crippen LogP contribution is 2.31. The van der Waals surface area contributed by atoms with Gasteiger partial charge in [-0.25, -0.2) is 4.79 Å². The molecule has 24 heavy (non-hydrogen) atoms. The van der Waals surface area contributed by atoms with Crippen LogP contribution in [0, 0.1) is 6.92 Å². The summed E-state index contributed by atoms with van der Waals surface area (Å²) in [6.45, 7) is 4.00. The predicted octanol–water partition coefficient (Wildman–Crippen LogP) is 0.711. The van der Waals surface area contributed by atoms with E-state index in [1.807, 2.05) is 38.1 Å². The van der Waals surface area contributed by atoms with E-state index in [4.69, 9.17) is 0 Å². The van der Waals surface area contributed by atoms with Crippen molar-refractivity contribution in [1.82, 2.24) is 14.6 Å². The summed E-state index contributed by atoms with van der Waals surface area (Å²) in [5, 5.41) is 14.5. The number of hydrogen-bond donors (Lipinski definition) is 2. The predicted molar refractivity (Wildman–Crippen MR) is 91.4 cm³/mol. The van der Waals surface area contributed by atoms with Crippen LogP contribution in [-0.4, -0.2) is 20.0 Å². The number of rotatable bonds is 2. The Bertz CT molecular complexity index is 954. The van der Waals surface area contributed by atoms with Gasteiger partial charge in [0.15, 0.2) is 0 Å². The molecule has 0 saturated heterocycles. The monoisotopic (exact) mass is 328 g/mol. The van der Waals surface area contributed by atoms with Crippen LogP contribution in [0.4, 0.5) is 0 Å². The van der Waals surface area contributed by atoms with Gasteiger partial charge in [0.25, 0.3) is 5.56 Å². The average molecular weight is 328 g/mol. The van der Waals surface area contributed by atoms with Crippen LogP contribution < -0.4 is 16.7 Å². The maximum atomic E-state index is 12.4. The molecule has 0 bridgehead atoms. The van der Waals surface area contributed by atoms with Gasteiger partial charge in [-0.05, 0) is 19.4 Å². The quantitative estimate of drug-likeness (QED) is 0.850. The molecular formula is C17H20N4O3. The lowest BCUT2D eigenvalue weighted by Gasteiger charge is -2.24. The summed E-state index contributed by atoms with van der Waals surface area (Å²) in [6, 6.07) is 8.06. The maximum Gasteiger partial charge on any atom is 0.333 e. The van der Waals surface area contributed by atoms with E-state index >= 15 is 0 Å². The second kappa shape index (κ2) is 5.36. The van der Waals surface area contributed by atoms with Crippen LogP contribution in [0.25, 0.3) is 0 Å². The Balaban J connectivity index is 2.04. The van der Waals surface area contributed by atoms with Crippen LogP contribution in [0.15, 0.2) is 39.0 Å². The molecule has 7 nitrogen and oxygen atoms in total. The number of aromatic nitrogens is 2. The molecule has 3 rings (SSSR count). The number of aromatic hydroxyl groups is 1. The number of benzene rings is 1. The molecule has 7 heteroatoms. The normalized spacial score (nSPS) is 19.9. The third-order valence-corrected chi connectivity index (χ3v) is 4.57. The molecule has 0 amide bonds. The lowest BCUT2D eigenvalue weighted by molar-refractivity contribution is 0.409. The van der Waals surface area contributed by atoms with E-state index in [9.17, 15) is 14.7 Å². The molecule has 1 aromatic heterocycles. The smallest absolute Gasteiger partial charge is 0.333 e. The summed E-state index contributed by atoms with van der Waals surface area (Å²) < 4.78 is 2.01. The van der Waals surface area contributed by atoms with Gasteiger partial charge in [0, 0.05) is 20.5 Å². The Hall–Kier alpha value is -2.83. The van der Waals surface area contributed by atoms with Crippen molar-refractivity contribution < 1.29 is 5.11 Å². The van der Waals surface area contributed by atoms with Gasteiger partial charge in [-0.3, -0.25) is 19.4 Å². The van der Waals surface area contributed by atoms with Gasteiger partial charge in [0.1, 0.15) is 5.56 Å². The van der Waals surface area contributed by atoms with Gasteiger partial charge < -0.3 is 5.11 Å². The van der Waals surface area contributed by atoms with E-state index in [2.05, 4.69) is 10.5 Å². The molecule has 126 valence electrons. The van der Waals surface area contributed by atoms with Crippen LogP contribution in [0.2, 0.25) is 0 Å². The standard InChI is InChI=1S/C17H20N4O3/c1-10-5-7-11(8-6-10)17(2)9-12(18-19-17)13-14(22)20(3)16(24)21(4)15(13)23/h5-8,19,22H,9H2,1-4H3. The minimum Gasteiger partial charge on any atom is -0.494 e. The first kappa shape index (κ1) is 16.0. The van der Waals surface area contributed by atoms with Crippen molar-refractivity contribution >= 4 is 5.71 Å². The van der Waals surface area contributed by atoms with E-state index in [1.54, 1.807) is 0 Å². The van der Waals surface area contributed by atoms with Gasteiger partial charge in [-0.1, -0.05) is 29.8 Å². The lowest BCUT2D eigenvalue weighted by atomic mass is 9.87. The first-order valence-corrected chi connectivity index (χ1v) is 7.65. The molecule has 1 aliphatic heterocycles. The molecule has 1 atom stereocenters. The zero-order valence-corrected chi connectivity index (χ0v) is 14.1. The minimum absolute atomic E-state index is 0.0583. The Morgan fingerprint density at radius 1 is 1.17 bits per heavy atom. The van der Waals surface area contributed by atoms with E-state index in [1.165, 1.54) is 14.1 Å². The molecule has 1 aliphatic rings. The first-order valence-electron chi connectivity index (χ1n) is 7.65. The fourth-order valence-corrected chi connectivity index (χ4v) is 2.92. The van der Waals surface area contributed by atoms with E-state index in [-0.39, 0.29) is 11.4 Å². The van der Waals surface area contributed by atoms with Crippen molar-refractivity contribution in [2.75, 3.05) is 0 Å². The molecule has 1 unspecified atom stereocenters. The fraction of sp³-hybridized carbons (Fsp3) is 0.353. The highest BCUT2D eigenvalue weighted by Gasteiger charge is 2.36. The molecule has 0 saturated carbocycles. The van der Waals surface area contributed by atoms with Crippen molar-refractivity contribution in [3.63, 3.8) is 0 Å². The fourth-order valence-electron chi connectivity index (χ4n) is 2.92. The van der Waals surface area contributed by atoms with Crippen molar-refractivity contribution in [3.05, 3.63) is 61.8 Å². The summed E-state index contributed by atoms with van der Waals surface area (Å²) in [7, 11) is 2.80. The second-order valence-corrected chi connectivity index (χ2v) is 6.45. The molecule has 0 fully saturated rings. The van der Waals surface area contributed by atoms with Crippen molar-refractivity contribution in [2.45, 2.75) is 25.8 Å². The molecular weight excluding hydrogens is 308 g/mol. The zero-order chi connectivity index (χ0) is 17.6. The average Bonchev–Trinajstić information content (AvgIpc) is 2.95. The maximum absolute atomic E-state index is 12.4. The topological polar surface area (TPSA) is 88.6 Å². The first-order chi connectivity index (χ1) is 11.2. The highest BCUT2D eigenvalue weighted by molar-refractivity contribution is 6.03. The summed E-state index contributed by atoms with van der Waals surface area (Å²) in [5.41, 5.74) is 4.15. The number of hydrazone groups is 1. The lowest BCUT2D eigenvalue weighted by Crippen LogP contribution is -2.40. The van der Waals surface area contributed by atoms with E-state index in [0.29, 0.717) is 12.1 Å². The van der Waals surface area contributed by atoms with Crippen LogP contribution in [0.5, 0.6) is 5.88 Å². The Labute approximate surface area is 138 Å². The molecule has 1 aromatic carbocycles. The van der Waals surface area contributed by atoms with Crippen LogP contribution >= 0.6 is 0 Å². The summed E-state index contributed by atoms with van der Waals surface area (Å²) in [5.74, 6) is -0.364. The third kappa shape index (κ3) is 2.33. The molecule has 0 aliphatic carbocycles. The van der Waals surface area contributed by atoms with E-state index < -0.39 is 16.8 Å². The van der Waals surface area contributed by atoms with Gasteiger partial charge in [-0.2, -0.15) is 5.10 Å². The molecule has 0 radical (unpaired) electrons. The van der Waals surface area contributed by atoms with Gasteiger partial charge in [0.05, 0.1) is 11.3 Å². The molecule has 2 heterocycles. The number of hydrogen-bond acceptors (Lipinski definition) is 5. The van der Waals surface area contributed by atoms with Crippen molar-refractivity contribution in [2.24, 2.45) is 19.2 Å². The molecule has 0 spiro atoms. The summed E-state index contributed by atoms with van der Waals surface area (Å²) in [6.07, 6.45) is 0.428. The minimum atomic E-state index is -0.575. The highest BCUT2D eigenvalue weighted by atomic mass is 16.3. The van der Waals surface area contributed by atoms with Crippen molar-refractivity contribution in [1.29, 1.82) is 0 Å². The van der Waals surface area contributed by atoms with Crippen molar-refractivity contribution in [3.8, 4) is 5.88 Å². The van der Waals surface area contributed by atoms with Gasteiger partial charge in [0.2, 0.25) is 5.88 Å². The van der Waals surface area contributed by atoms with E-state index in [0.717, 1.165) is 20.3 Å². The molecule has 2 aromatic rings. The Morgan fingerprint density at radius 2 is 1.79 bits per heavy atom. The summed E-state index contributed by atoms with van der Waals surface area (Å²) in [4.78, 5) is 24.3. The van der Waals surface area contributed by atoms with Crippen LogP contribution in [-0.2, 0) is 19.6 Å². The third-order valence-electron chi connectivity index (χ3n) is 4.57. The number of nitrogens with one attached hydrogen (secondary N) is 1. The van der Waals surface area contributed by atoms with Gasteiger partial charge in [-0.15, -0.1) is 0 Å². The second-order valence-electron chi connectivity index (χ2n) is 6.45. The molecule has 2 N–H and O–H groups in total. The summed E-state index contributed by atoms with van der Waals surface area (Å²) >= 11 is 0. The zero-order valence-electron chi connectivity index (χ0n) is 14.1. The Kier molecular flexibility index (Phi) is 3.59.